The van der Waals surface area contributed by atoms with Gasteiger partial charge in [-0.1, -0.05) is 39.0 Å². The Balaban J connectivity index is 1.47. The molecule has 4 saturated carbocycles. The van der Waals surface area contributed by atoms with Crippen LogP contribution >= 0.6 is 0 Å². The third-order valence-electron chi connectivity index (χ3n) is 11.6. The third kappa shape index (κ3) is 4.55. The Morgan fingerprint density at radius 2 is 1.81 bits per heavy atom. The van der Waals surface area contributed by atoms with Crippen molar-refractivity contribution in [1.82, 2.24) is 0 Å². The Bertz CT molecular complexity index is 1020. The van der Waals surface area contributed by atoms with E-state index in [1.54, 1.807) is 0 Å². The molecule has 5 nitrogen and oxygen atoms in total. The summed E-state index contributed by atoms with van der Waals surface area (Å²) in [5, 5.41) is 0. The van der Waals surface area contributed by atoms with E-state index in [2.05, 4.69) is 20.8 Å². The van der Waals surface area contributed by atoms with Crippen LogP contribution in [0.2, 0.25) is 0 Å². The lowest BCUT2D eigenvalue weighted by molar-refractivity contribution is -0.172. The van der Waals surface area contributed by atoms with Crippen molar-refractivity contribution in [3.05, 3.63) is 35.9 Å². The maximum atomic E-state index is 13.4. The van der Waals surface area contributed by atoms with Crippen LogP contribution in [0, 0.1) is 46.3 Å². The van der Waals surface area contributed by atoms with Crippen LogP contribution in [-0.2, 0) is 19.1 Å². The van der Waals surface area contributed by atoms with Gasteiger partial charge in [0.1, 0.15) is 11.9 Å². The van der Waals surface area contributed by atoms with E-state index in [0.29, 0.717) is 59.7 Å². The van der Waals surface area contributed by atoms with Crippen molar-refractivity contribution < 1.29 is 23.9 Å². The van der Waals surface area contributed by atoms with E-state index >= 15 is 0 Å². The number of hydrogen-bond acceptors (Lipinski definition) is 5. The van der Waals surface area contributed by atoms with Gasteiger partial charge in [-0.2, -0.15) is 0 Å². The second kappa shape index (κ2) is 10.2. The molecule has 5 heteroatoms. The summed E-state index contributed by atoms with van der Waals surface area (Å²) in [6.45, 7) is 7.10. The van der Waals surface area contributed by atoms with E-state index in [-0.39, 0.29) is 28.9 Å². The highest BCUT2D eigenvalue weighted by molar-refractivity contribution is 5.89. The zero-order valence-electron chi connectivity index (χ0n) is 23.0. The van der Waals surface area contributed by atoms with Gasteiger partial charge in [0.2, 0.25) is 0 Å². The summed E-state index contributed by atoms with van der Waals surface area (Å²) in [4.78, 5) is 37.7. The minimum absolute atomic E-state index is 0.116. The largest absolute Gasteiger partial charge is 0.469 e. The second-order valence-electron chi connectivity index (χ2n) is 13.0. The van der Waals surface area contributed by atoms with Crippen LogP contribution < -0.4 is 0 Å². The number of methoxy groups -OCH3 is 1. The Hall–Kier alpha value is -2.17. The average molecular weight is 509 g/mol. The van der Waals surface area contributed by atoms with Crippen molar-refractivity contribution >= 4 is 17.7 Å². The number of carbonyl (C=O) groups excluding carboxylic acids is 3. The summed E-state index contributed by atoms with van der Waals surface area (Å²) < 4.78 is 11.4. The van der Waals surface area contributed by atoms with Gasteiger partial charge in [0.25, 0.3) is 0 Å². The van der Waals surface area contributed by atoms with Gasteiger partial charge in [-0.3, -0.25) is 9.59 Å². The van der Waals surface area contributed by atoms with Gasteiger partial charge in [-0.25, -0.2) is 4.79 Å². The van der Waals surface area contributed by atoms with Gasteiger partial charge < -0.3 is 9.47 Å². The van der Waals surface area contributed by atoms with Crippen molar-refractivity contribution in [3.63, 3.8) is 0 Å². The lowest BCUT2D eigenvalue weighted by Crippen LogP contribution is -2.59. The fourth-order valence-corrected chi connectivity index (χ4v) is 9.54. The summed E-state index contributed by atoms with van der Waals surface area (Å²) in [6, 6.07) is 9.37. The van der Waals surface area contributed by atoms with Gasteiger partial charge in [-0.05, 0) is 98.0 Å². The van der Waals surface area contributed by atoms with Crippen molar-refractivity contribution in [3.8, 4) is 0 Å². The molecule has 0 aliphatic heterocycles. The highest BCUT2D eigenvalue weighted by Crippen LogP contribution is 2.68. The first-order valence-corrected chi connectivity index (χ1v) is 14.5. The van der Waals surface area contributed by atoms with Crippen LogP contribution in [0.1, 0.15) is 95.3 Å². The summed E-state index contributed by atoms with van der Waals surface area (Å²) in [7, 11) is 1.45. The highest BCUT2D eigenvalue weighted by atomic mass is 16.5. The molecule has 0 radical (unpaired) electrons. The second-order valence-corrected chi connectivity index (χ2v) is 13.0. The lowest BCUT2D eigenvalue weighted by Gasteiger charge is -2.62. The third-order valence-corrected chi connectivity index (χ3v) is 11.6. The standard InChI is InChI=1S/C32H44O5/c1-20(10-15-29(34)36-4)25-13-14-26-24-12-11-22-18-23(33)16-17-31(22,2)27(24)19-28(32(25,26)3)37-30(35)21-8-6-5-7-9-21/h5-9,20,22,24-28H,10-19H2,1-4H3/t20-,22-,24+,25-,26+,27+,28+,31+,32-/m1/s1. The van der Waals surface area contributed by atoms with Gasteiger partial charge in [-0.15, -0.1) is 0 Å². The molecule has 0 bridgehead atoms. The van der Waals surface area contributed by atoms with Crippen LogP contribution in [0.25, 0.3) is 0 Å². The first-order chi connectivity index (χ1) is 17.7. The Morgan fingerprint density at radius 3 is 2.54 bits per heavy atom. The van der Waals surface area contributed by atoms with Gasteiger partial charge in [0, 0.05) is 24.7 Å². The zero-order valence-corrected chi connectivity index (χ0v) is 23.0. The van der Waals surface area contributed by atoms with Gasteiger partial charge in [0.15, 0.2) is 0 Å². The van der Waals surface area contributed by atoms with Gasteiger partial charge >= 0.3 is 11.9 Å². The topological polar surface area (TPSA) is 69.7 Å². The minimum Gasteiger partial charge on any atom is -0.469 e. The molecular formula is C32H44O5. The van der Waals surface area contributed by atoms with Crippen LogP contribution in [0.4, 0.5) is 0 Å². The first-order valence-electron chi connectivity index (χ1n) is 14.5. The predicted octanol–water partition coefficient (Wildman–Crippen LogP) is 6.64. The van der Waals surface area contributed by atoms with Crippen LogP contribution in [-0.4, -0.2) is 30.9 Å². The summed E-state index contributed by atoms with van der Waals surface area (Å²) in [6.07, 6.45) is 8.95. The number of rotatable bonds is 6. The molecule has 0 heterocycles. The Labute approximate surface area is 222 Å². The number of ketones is 1. The van der Waals surface area contributed by atoms with Crippen molar-refractivity contribution in [2.24, 2.45) is 46.3 Å². The molecule has 1 aromatic carbocycles. The molecule has 202 valence electrons. The summed E-state index contributed by atoms with van der Waals surface area (Å²) >= 11 is 0. The molecule has 0 amide bonds. The lowest BCUT2D eigenvalue weighted by atomic mass is 9.43. The molecule has 37 heavy (non-hydrogen) atoms. The van der Waals surface area contributed by atoms with Crippen molar-refractivity contribution in [1.29, 1.82) is 0 Å². The molecule has 4 aliphatic carbocycles. The SMILES string of the molecule is COC(=O)CC[C@@H](C)[C@H]1CC[C@H]2[C@@H]3CC[C@@H]4CC(=O)CC[C@]4(C)[C@H]3C[C@H](OC(=O)c3ccccc3)[C@]12C. The van der Waals surface area contributed by atoms with Crippen LogP contribution in [0.3, 0.4) is 0 Å². The zero-order chi connectivity index (χ0) is 26.4. The number of benzene rings is 1. The minimum atomic E-state index is -0.228. The van der Waals surface area contributed by atoms with E-state index in [1.807, 2.05) is 30.3 Å². The van der Waals surface area contributed by atoms with E-state index in [0.717, 1.165) is 44.9 Å². The van der Waals surface area contributed by atoms with Crippen molar-refractivity contribution in [2.45, 2.75) is 91.1 Å². The average Bonchev–Trinajstić information content (AvgIpc) is 3.26. The maximum absolute atomic E-state index is 13.4. The fourth-order valence-electron chi connectivity index (χ4n) is 9.54. The number of esters is 2. The molecule has 0 N–H and O–H groups in total. The van der Waals surface area contributed by atoms with E-state index < -0.39 is 0 Å². The monoisotopic (exact) mass is 508 g/mol. The highest BCUT2D eigenvalue weighted by Gasteiger charge is 2.65. The number of Topliss-reactive ketones (excluding diaryl/α,β-unsaturated/α-hetero) is 1. The molecule has 0 spiro atoms. The van der Waals surface area contributed by atoms with Crippen LogP contribution in [0.5, 0.6) is 0 Å². The quantitative estimate of drug-likeness (QED) is 0.403. The van der Waals surface area contributed by atoms with E-state index in [1.165, 1.54) is 13.5 Å². The fraction of sp³-hybridized carbons (Fsp3) is 0.719. The molecule has 4 fully saturated rings. The van der Waals surface area contributed by atoms with Crippen molar-refractivity contribution in [2.75, 3.05) is 7.11 Å². The molecule has 4 aliphatic rings. The maximum Gasteiger partial charge on any atom is 0.338 e. The Kier molecular flexibility index (Phi) is 7.28. The predicted molar refractivity (Wildman–Crippen MR) is 142 cm³/mol. The normalized spacial score (nSPS) is 39.6. The van der Waals surface area contributed by atoms with Crippen LogP contribution in [0.15, 0.2) is 30.3 Å². The molecule has 0 saturated heterocycles. The number of hydrogen-bond donors (Lipinski definition) is 0. The number of fused-ring (bicyclic) bond motifs is 5. The first kappa shape index (κ1) is 26.4. The smallest absolute Gasteiger partial charge is 0.338 e. The van der Waals surface area contributed by atoms with Gasteiger partial charge in [0.05, 0.1) is 12.7 Å². The molecule has 0 unspecified atom stereocenters. The molecule has 9 atom stereocenters. The Morgan fingerprint density at radius 1 is 1.05 bits per heavy atom. The number of carbonyl (C=O) groups is 3. The van der Waals surface area contributed by atoms with E-state index in [9.17, 15) is 14.4 Å². The molecule has 5 rings (SSSR count). The number of ether oxygens (including phenoxy) is 2. The molecule has 1 aromatic rings. The molecule has 0 aromatic heterocycles. The summed E-state index contributed by atoms with van der Waals surface area (Å²) in [5.41, 5.74) is 0.632. The molecular weight excluding hydrogens is 464 g/mol. The van der Waals surface area contributed by atoms with E-state index in [4.69, 9.17) is 9.47 Å². The summed E-state index contributed by atoms with van der Waals surface area (Å²) in [5.74, 6) is 2.85.